The fourth-order valence-electron chi connectivity index (χ4n) is 3.32. The fraction of sp³-hybridized carbons (Fsp3) is 0.389. The van der Waals surface area contributed by atoms with Gasteiger partial charge in [0.05, 0.1) is 11.6 Å². The minimum Gasteiger partial charge on any atom is -0.347 e. The molecule has 1 aromatic heterocycles. The van der Waals surface area contributed by atoms with Gasteiger partial charge < -0.3 is 10.3 Å². The van der Waals surface area contributed by atoms with Crippen molar-refractivity contribution in [2.75, 3.05) is 0 Å². The molecule has 2 N–H and O–H groups in total. The largest absolute Gasteiger partial charge is 0.347 e. The lowest BCUT2D eigenvalue weighted by molar-refractivity contribution is 0.276. The van der Waals surface area contributed by atoms with Crippen molar-refractivity contribution >= 4 is 0 Å². The summed E-state index contributed by atoms with van der Waals surface area (Å²) in [6.07, 6.45) is 4.25. The molecule has 0 aliphatic heterocycles. The Kier molecular flexibility index (Phi) is 3.35. The molecule has 3 nitrogen and oxygen atoms in total. The van der Waals surface area contributed by atoms with E-state index < -0.39 is 0 Å². The Bertz CT molecular complexity index is 686. The zero-order chi connectivity index (χ0) is 15.0. The van der Waals surface area contributed by atoms with Gasteiger partial charge in [0.2, 0.25) is 0 Å². The summed E-state index contributed by atoms with van der Waals surface area (Å²) in [5.74, 6) is 0. The summed E-state index contributed by atoms with van der Waals surface area (Å²) < 4.78 is 2.30. The maximum absolute atomic E-state index is 8.86. The second kappa shape index (κ2) is 5.05. The van der Waals surface area contributed by atoms with Gasteiger partial charge in [0.25, 0.3) is 0 Å². The summed E-state index contributed by atoms with van der Waals surface area (Å²) in [6, 6.07) is 12.3. The van der Waals surface area contributed by atoms with Gasteiger partial charge in [-0.3, -0.25) is 0 Å². The Morgan fingerprint density at radius 2 is 2.00 bits per heavy atom. The van der Waals surface area contributed by atoms with E-state index in [2.05, 4.69) is 36.7 Å². The van der Waals surface area contributed by atoms with Gasteiger partial charge in [-0.1, -0.05) is 26.0 Å². The molecule has 108 valence electrons. The van der Waals surface area contributed by atoms with E-state index in [1.165, 1.54) is 16.8 Å². The van der Waals surface area contributed by atoms with Gasteiger partial charge >= 0.3 is 0 Å². The van der Waals surface area contributed by atoms with Crippen LogP contribution in [0.5, 0.6) is 0 Å². The molecule has 0 spiro atoms. The van der Waals surface area contributed by atoms with Crippen LogP contribution in [0, 0.1) is 16.7 Å². The lowest BCUT2D eigenvalue weighted by atomic mass is 9.74. The molecule has 0 radical (unpaired) electrons. The van der Waals surface area contributed by atoms with Gasteiger partial charge in [-0.25, -0.2) is 0 Å². The van der Waals surface area contributed by atoms with Crippen molar-refractivity contribution in [3.05, 3.63) is 58.9 Å². The highest BCUT2D eigenvalue weighted by Gasteiger charge is 2.32. The molecule has 1 heterocycles. The van der Waals surface area contributed by atoms with Crippen LogP contribution in [0.3, 0.4) is 0 Å². The number of nitriles is 1. The molecule has 0 bridgehead atoms. The Labute approximate surface area is 126 Å². The molecule has 1 unspecified atom stereocenters. The Hall–Kier alpha value is -2.05. The minimum atomic E-state index is 0.144. The predicted octanol–water partition coefficient (Wildman–Crippen LogP) is 3.38. The van der Waals surface area contributed by atoms with E-state index in [1.807, 2.05) is 24.3 Å². The Balaban J connectivity index is 1.89. The van der Waals surface area contributed by atoms with E-state index in [9.17, 15) is 0 Å². The Morgan fingerprint density at radius 3 is 2.67 bits per heavy atom. The van der Waals surface area contributed by atoms with Crippen LogP contribution < -0.4 is 5.73 Å². The van der Waals surface area contributed by atoms with Crippen molar-refractivity contribution in [3.63, 3.8) is 0 Å². The third kappa shape index (κ3) is 2.72. The predicted molar refractivity (Wildman–Crippen MR) is 83.7 cm³/mol. The van der Waals surface area contributed by atoms with E-state index in [4.69, 9.17) is 11.0 Å². The second-order valence-electron chi connectivity index (χ2n) is 6.81. The summed E-state index contributed by atoms with van der Waals surface area (Å²) in [7, 11) is 0. The van der Waals surface area contributed by atoms with Crippen LogP contribution in [0.25, 0.3) is 0 Å². The normalized spacial score (nSPS) is 19.8. The molecule has 2 aromatic rings. The van der Waals surface area contributed by atoms with Crippen LogP contribution in [0.1, 0.15) is 48.7 Å². The first-order chi connectivity index (χ1) is 9.98. The van der Waals surface area contributed by atoms with Gasteiger partial charge in [0.15, 0.2) is 0 Å². The zero-order valence-corrected chi connectivity index (χ0v) is 12.6. The zero-order valence-electron chi connectivity index (χ0n) is 12.6. The van der Waals surface area contributed by atoms with Crippen LogP contribution in [-0.4, -0.2) is 4.57 Å². The van der Waals surface area contributed by atoms with E-state index in [0.717, 1.165) is 19.4 Å². The van der Waals surface area contributed by atoms with Crippen LogP contribution >= 0.6 is 0 Å². The van der Waals surface area contributed by atoms with Crippen LogP contribution in [0.2, 0.25) is 0 Å². The molecule has 0 saturated carbocycles. The summed E-state index contributed by atoms with van der Waals surface area (Å²) >= 11 is 0. The Morgan fingerprint density at radius 1 is 1.29 bits per heavy atom. The summed E-state index contributed by atoms with van der Waals surface area (Å²) in [4.78, 5) is 0. The number of fused-ring (bicyclic) bond motifs is 1. The van der Waals surface area contributed by atoms with Crippen LogP contribution in [0.15, 0.2) is 36.5 Å². The molecule has 3 rings (SSSR count). The quantitative estimate of drug-likeness (QED) is 0.916. The average Bonchev–Trinajstić information content (AvgIpc) is 2.81. The van der Waals surface area contributed by atoms with Crippen molar-refractivity contribution in [2.24, 2.45) is 11.1 Å². The number of benzene rings is 1. The molecule has 1 aliphatic carbocycles. The average molecular weight is 279 g/mol. The van der Waals surface area contributed by atoms with E-state index in [1.54, 1.807) is 0 Å². The molecule has 1 atom stereocenters. The standard InChI is InChI=1S/C18H21N3/c1-18(2)9-16(20)15-7-8-21(17(15)10-18)12-14-5-3-13(11-19)4-6-14/h3-8,16H,9-10,12,20H2,1-2H3. The van der Waals surface area contributed by atoms with Crippen molar-refractivity contribution in [2.45, 2.75) is 39.3 Å². The highest BCUT2D eigenvalue weighted by molar-refractivity contribution is 5.34. The van der Waals surface area contributed by atoms with Gasteiger partial charge in [-0.05, 0) is 47.6 Å². The second-order valence-corrected chi connectivity index (χ2v) is 6.81. The SMILES string of the molecule is CC1(C)Cc2c(ccn2Cc2ccc(C#N)cc2)C(N)C1. The van der Waals surface area contributed by atoms with Crippen molar-refractivity contribution in [3.8, 4) is 6.07 Å². The number of nitrogens with two attached hydrogens (primary N) is 1. The van der Waals surface area contributed by atoms with E-state index in [-0.39, 0.29) is 11.5 Å². The van der Waals surface area contributed by atoms with Gasteiger partial charge in [-0.2, -0.15) is 5.26 Å². The minimum absolute atomic E-state index is 0.144. The number of nitrogens with zero attached hydrogens (tertiary/aromatic N) is 2. The first kappa shape index (κ1) is 13.9. The van der Waals surface area contributed by atoms with Crippen LogP contribution in [0.4, 0.5) is 0 Å². The van der Waals surface area contributed by atoms with Crippen LogP contribution in [-0.2, 0) is 13.0 Å². The third-order valence-corrected chi connectivity index (χ3v) is 4.37. The first-order valence-corrected chi connectivity index (χ1v) is 7.41. The van der Waals surface area contributed by atoms with Crippen molar-refractivity contribution < 1.29 is 0 Å². The molecular weight excluding hydrogens is 258 g/mol. The molecule has 1 aliphatic rings. The summed E-state index contributed by atoms with van der Waals surface area (Å²) in [6.45, 7) is 5.41. The van der Waals surface area contributed by atoms with E-state index >= 15 is 0 Å². The molecule has 0 saturated heterocycles. The molecule has 0 fully saturated rings. The number of rotatable bonds is 2. The number of aromatic nitrogens is 1. The fourth-order valence-corrected chi connectivity index (χ4v) is 3.32. The van der Waals surface area contributed by atoms with E-state index in [0.29, 0.717) is 5.56 Å². The van der Waals surface area contributed by atoms with Crippen molar-refractivity contribution in [1.82, 2.24) is 4.57 Å². The molecule has 21 heavy (non-hydrogen) atoms. The summed E-state index contributed by atoms with van der Waals surface area (Å²) in [5.41, 5.74) is 11.2. The highest BCUT2D eigenvalue weighted by Crippen LogP contribution is 2.40. The topological polar surface area (TPSA) is 54.7 Å². The molecule has 3 heteroatoms. The molecule has 1 aromatic carbocycles. The number of hydrogen-bond acceptors (Lipinski definition) is 2. The molecule has 0 amide bonds. The lowest BCUT2D eigenvalue weighted by Gasteiger charge is -2.34. The number of hydrogen-bond donors (Lipinski definition) is 1. The summed E-state index contributed by atoms with van der Waals surface area (Å²) in [5, 5.41) is 8.86. The lowest BCUT2D eigenvalue weighted by Crippen LogP contribution is -2.30. The monoisotopic (exact) mass is 279 g/mol. The third-order valence-electron chi connectivity index (χ3n) is 4.37. The van der Waals surface area contributed by atoms with Gasteiger partial charge in [-0.15, -0.1) is 0 Å². The highest BCUT2D eigenvalue weighted by atomic mass is 15.0. The first-order valence-electron chi connectivity index (χ1n) is 7.41. The maximum atomic E-state index is 8.86. The smallest absolute Gasteiger partial charge is 0.0991 e. The molecular formula is C18H21N3. The van der Waals surface area contributed by atoms with Gasteiger partial charge in [0.1, 0.15) is 0 Å². The maximum Gasteiger partial charge on any atom is 0.0991 e. The van der Waals surface area contributed by atoms with Crippen molar-refractivity contribution in [1.29, 1.82) is 5.26 Å². The van der Waals surface area contributed by atoms with Gasteiger partial charge in [0, 0.05) is 24.5 Å².